The molecule has 3 rings (SSSR count). The summed E-state index contributed by atoms with van der Waals surface area (Å²) in [5.74, 6) is -0.280. The van der Waals surface area contributed by atoms with Crippen molar-refractivity contribution < 1.29 is 13.2 Å². The van der Waals surface area contributed by atoms with Crippen LogP contribution in [0.2, 0.25) is 0 Å². The Hall–Kier alpha value is -2.16. The molecule has 1 N–H and O–H groups in total. The predicted molar refractivity (Wildman–Crippen MR) is 109 cm³/mol. The summed E-state index contributed by atoms with van der Waals surface area (Å²) in [6.45, 7) is 0.107. The summed E-state index contributed by atoms with van der Waals surface area (Å²) >= 11 is 3.51. The Morgan fingerprint density at radius 2 is 1.74 bits per heavy atom. The average molecular weight is 450 g/mol. The lowest BCUT2D eigenvalue weighted by molar-refractivity contribution is 0.0942. The zero-order valence-electron chi connectivity index (χ0n) is 15.2. The van der Waals surface area contributed by atoms with Crippen molar-refractivity contribution in [2.24, 2.45) is 7.05 Å². The number of sulfonamides is 1. The first-order valence-electron chi connectivity index (χ1n) is 8.26. The van der Waals surface area contributed by atoms with Crippen LogP contribution in [-0.4, -0.2) is 37.3 Å². The molecule has 0 radical (unpaired) electrons. The number of aryl methyl sites for hydroxylation is 1. The topological polar surface area (TPSA) is 71.4 Å². The predicted octanol–water partition coefficient (Wildman–Crippen LogP) is 3.12. The quantitative estimate of drug-likeness (QED) is 0.650. The maximum absolute atomic E-state index is 12.8. The van der Waals surface area contributed by atoms with Crippen molar-refractivity contribution in [2.45, 2.75) is 11.4 Å². The zero-order valence-corrected chi connectivity index (χ0v) is 17.6. The Morgan fingerprint density at radius 3 is 2.41 bits per heavy atom. The molecule has 8 heteroatoms. The van der Waals surface area contributed by atoms with Gasteiger partial charge in [-0.3, -0.25) is 4.79 Å². The zero-order chi connectivity index (χ0) is 19.8. The van der Waals surface area contributed by atoms with Crippen molar-refractivity contribution in [1.29, 1.82) is 0 Å². The smallest absolute Gasteiger partial charge is 0.269 e. The number of hydrogen-bond acceptors (Lipinski definition) is 3. The number of halogens is 1. The van der Waals surface area contributed by atoms with Crippen LogP contribution in [0.3, 0.4) is 0 Å². The number of amides is 1. The van der Waals surface area contributed by atoms with Gasteiger partial charge >= 0.3 is 0 Å². The lowest BCUT2D eigenvalue weighted by Crippen LogP contribution is -2.28. The lowest BCUT2D eigenvalue weighted by Gasteiger charge is -2.15. The van der Waals surface area contributed by atoms with Gasteiger partial charge in [-0.25, -0.2) is 12.7 Å². The number of para-hydroxylation sites is 1. The summed E-state index contributed by atoms with van der Waals surface area (Å²) in [6, 6.07) is 14.4. The first-order chi connectivity index (χ1) is 12.7. The van der Waals surface area contributed by atoms with Crippen LogP contribution >= 0.6 is 15.9 Å². The monoisotopic (exact) mass is 449 g/mol. The highest BCUT2D eigenvalue weighted by atomic mass is 79.9. The van der Waals surface area contributed by atoms with E-state index in [-0.39, 0.29) is 17.3 Å². The minimum Gasteiger partial charge on any atom is -0.347 e. The van der Waals surface area contributed by atoms with Crippen molar-refractivity contribution in [3.8, 4) is 0 Å². The molecular weight excluding hydrogens is 430 g/mol. The van der Waals surface area contributed by atoms with E-state index in [9.17, 15) is 13.2 Å². The summed E-state index contributed by atoms with van der Waals surface area (Å²) < 4.78 is 28.7. The van der Waals surface area contributed by atoms with E-state index in [2.05, 4.69) is 21.2 Å². The largest absolute Gasteiger partial charge is 0.347 e. The molecule has 1 amide bonds. The number of fused-ring (bicyclic) bond motifs is 1. The minimum absolute atomic E-state index is 0.107. The van der Waals surface area contributed by atoms with Gasteiger partial charge in [-0.05, 0) is 33.6 Å². The van der Waals surface area contributed by atoms with Gasteiger partial charge in [0.25, 0.3) is 5.91 Å². The van der Waals surface area contributed by atoms with E-state index in [0.29, 0.717) is 15.7 Å². The summed E-state index contributed by atoms with van der Waals surface area (Å²) in [5.41, 5.74) is 1.96. The van der Waals surface area contributed by atoms with Gasteiger partial charge in [-0.15, -0.1) is 0 Å². The molecule has 0 saturated carbocycles. The highest BCUT2D eigenvalue weighted by Crippen LogP contribution is 2.30. The van der Waals surface area contributed by atoms with E-state index in [1.54, 1.807) is 24.3 Å². The van der Waals surface area contributed by atoms with Gasteiger partial charge in [0.05, 0.1) is 9.37 Å². The molecule has 1 heterocycles. The number of carbonyl (C=O) groups excluding carboxylic acids is 1. The molecule has 0 unspecified atom stereocenters. The number of nitrogens with zero attached hydrogens (tertiary/aromatic N) is 2. The molecule has 0 aliphatic heterocycles. The van der Waals surface area contributed by atoms with Crippen LogP contribution in [0.25, 0.3) is 10.9 Å². The first-order valence-corrected chi connectivity index (χ1v) is 10.5. The summed E-state index contributed by atoms with van der Waals surface area (Å²) in [6.07, 6.45) is 0. The van der Waals surface area contributed by atoms with E-state index in [1.807, 2.05) is 35.9 Å². The average Bonchev–Trinajstić information content (AvgIpc) is 2.91. The van der Waals surface area contributed by atoms with E-state index < -0.39 is 10.0 Å². The van der Waals surface area contributed by atoms with Crippen LogP contribution in [0.1, 0.15) is 16.1 Å². The number of aromatic nitrogens is 1. The fourth-order valence-corrected chi connectivity index (χ4v) is 4.85. The number of hydrogen-bond donors (Lipinski definition) is 1. The Kier molecular flexibility index (Phi) is 5.41. The fraction of sp³-hybridized carbons (Fsp3) is 0.211. The molecule has 0 aliphatic rings. The molecule has 6 nitrogen and oxygen atoms in total. The van der Waals surface area contributed by atoms with Gasteiger partial charge in [0.2, 0.25) is 10.0 Å². The van der Waals surface area contributed by atoms with Crippen LogP contribution < -0.4 is 5.32 Å². The van der Waals surface area contributed by atoms with Crippen LogP contribution in [0.5, 0.6) is 0 Å². The highest BCUT2D eigenvalue weighted by molar-refractivity contribution is 9.10. The molecule has 0 saturated heterocycles. The highest BCUT2D eigenvalue weighted by Gasteiger charge is 2.22. The lowest BCUT2D eigenvalue weighted by atomic mass is 10.2. The summed E-state index contributed by atoms with van der Waals surface area (Å²) in [7, 11) is 1.20. The molecular formula is C19H20BrN3O3S. The van der Waals surface area contributed by atoms with Crippen LogP contribution in [0.4, 0.5) is 0 Å². The Labute approximate surface area is 167 Å². The van der Waals surface area contributed by atoms with Crippen LogP contribution in [-0.2, 0) is 23.6 Å². The third-order valence-corrected chi connectivity index (χ3v) is 7.15. The molecule has 0 fully saturated rings. The maximum atomic E-state index is 12.8. The molecule has 3 aromatic rings. The third kappa shape index (κ3) is 3.52. The second kappa shape index (κ2) is 7.46. The van der Waals surface area contributed by atoms with Crippen molar-refractivity contribution in [3.63, 3.8) is 0 Å². The van der Waals surface area contributed by atoms with Crippen molar-refractivity contribution in [1.82, 2.24) is 14.2 Å². The molecule has 27 heavy (non-hydrogen) atoms. The molecule has 0 bridgehead atoms. The van der Waals surface area contributed by atoms with E-state index in [4.69, 9.17) is 0 Å². The Balaban J connectivity index is 1.90. The van der Waals surface area contributed by atoms with Gasteiger partial charge < -0.3 is 9.88 Å². The van der Waals surface area contributed by atoms with E-state index in [0.717, 1.165) is 15.2 Å². The van der Waals surface area contributed by atoms with E-state index in [1.165, 1.54) is 14.1 Å². The van der Waals surface area contributed by atoms with Crippen LogP contribution in [0, 0.1) is 0 Å². The van der Waals surface area contributed by atoms with Crippen molar-refractivity contribution in [3.05, 3.63) is 64.3 Å². The molecule has 0 aliphatic carbocycles. The third-order valence-electron chi connectivity index (χ3n) is 4.43. The maximum Gasteiger partial charge on any atom is 0.269 e. The minimum atomic E-state index is -3.59. The van der Waals surface area contributed by atoms with Gasteiger partial charge in [0.1, 0.15) is 5.69 Å². The number of rotatable bonds is 5. The molecule has 1 aromatic heterocycles. The van der Waals surface area contributed by atoms with Crippen molar-refractivity contribution in [2.75, 3.05) is 14.1 Å². The molecule has 2 aromatic carbocycles. The Morgan fingerprint density at radius 1 is 1.11 bits per heavy atom. The number of carbonyl (C=O) groups is 1. The van der Waals surface area contributed by atoms with Gasteiger partial charge in [0.15, 0.2) is 0 Å². The molecule has 142 valence electrons. The van der Waals surface area contributed by atoms with Gasteiger partial charge in [-0.1, -0.05) is 36.4 Å². The fourth-order valence-electron chi connectivity index (χ4n) is 2.96. The van der Waals surface area contributed by atoms with Crippen molar-refractivity contribution >= 4 is 42.8 Å². The summed E-state index contributed by atoms with van der Waals surface area (Å²) in [5, 5.41) is 3.78. The standard InChI is InChI=1S/C19H20BrN3O3S/c1-22(2)27(25,26)16-11-7-4-8-13(16)12-21-19(24)18-17(20)14-9-5-6-10-15(14)23(18)3/h4-11H,12H2,1-3H3,(H,21,24). The normalized spacial score (nSPS) is 11.9. The second-order valence-corrected chi connectivity index (χ2v) is 9.23. The van der Waals surface area contributed by atoms with Gasteiger partial charge in [0, 0.05) is 38.6 Å². The van der Waals surface area contributed by atoms with Crippen LogP contribution in [0.15, 0.2) is 57.9 Å². The molecule has 0 atom stereocenters. The second-order valence-electron chi connectivity index (χ2n) is 6.32. The number of nitrogens with one attached hydrogen (secondary N) is 1. The van der Waals surface area contributed by atoms with Gasteiger partial charge in [-0.2, -0.15) is 0 Å². The Bertz CT molecular complexity index is 1080. The SMILES string of the molecule is CN(C)S(=O)(=O)c1ccccc1CNC(=O)c1c(Br)c2ccccc2n1C. The number of benzene rings is 2. The first kappa shape index (κ1) is 19.6. The molecule has 0 spiro atoms. The van der Waals surface area contributed by atoms with E-state index >= 15 is 0 Å². The summed E-state index contributed by atoms with van der Waals surface area (Å²) in [4.78, 5) is 13.0.